The molecule has 0 bridgehead atoms. The van der Waals surface area contributed by atoms with E-state index in [4.69, 9.17) is 21.7 Å². The van der Waals surface area contributed by atoms with Gasteiger partial charge in [0.15, 0.2) is 11.5 Å². The summed E-state index contributed by atoms with van der Waals surface area (Å²) in [5.74, 6) is -0.0382. The molecule has 8 nitrogen and oxygen atoms in total. The first-order chi connectivity index (χ1) is 16.5. The van der Waals surface area contributed by atoms with Crippen LogP contribution in [0.3, 0.4) is 0 Å². The predicted molar refractivity (Wildman–Crippen MR) is 108 cm³/mol. The maximum Gasteiger partial charge on any atom is 0.522 e. The molecule has 0 unspecified atom stereocenters. The van der Waals surface area contributed by atoms with Gasteiger partial charge in [-0.1, -0.05) is 6.07 Å². The predicted octanol–water partition coefficient (Wildman–Crippen LogP) is 3.12. The van der Waals surface area contributed by atoms with Gasteiger partial charge in [-0.25, -0.2) is 0 Å². The zero-order valence-corrected chi connectivity index (χ0v) is 17.6. The van der Waals surface area contributed by atoms with Gasteiger partial charge in [0.05, 0.1) is 28.7 Å². The third-order valence-electron chi connectivity index (χ3n) is 5.48. The number of rotatable bonds is 7. The molecule has 1 aromatic carbocycles. The Morgan fingerprint density at radius 3 is 2.88 bits per heavy atom. The largest absolute Gasteiger partial charge is 0.522 e. The van der Waals surface area contributed by atoms with E-state index in [-0.39, 0.29) is 49.1 Å². The molecule has 2 fully saturated rings. The molecular weight excluding hydrogens is 445 g/mol. The zero-order valence-electron chi connectivity index (χ0n) is 19.6. The number of methoxy groups -OCH3 is 1. The molecule has 0 spiro atoms. The first-order valence-corrected chi connectivity index (χ1v) is 10.1. The highest BCUT2D eigenvalue weighted by molar-refractivity contribution is 5.95. The van der Waals surface area contributed by atoms with Crippen LogP contribution in [0.5, 0.6) is 11.5 Å². The van der Waals surface area contributed by atoms with Crippen molar-refractivity contribution in [1.82, 2.24) is 9.88 Å². The summed E-state index contributed by atoms with van der Waals surface area (Å²) in [6.45, 7) is -3.09. The number of carbonyl (C=O) groups is 1. The molecule has 1 aromatic heterocycles. The average Bonchev–Trinajstić information content (AvgIpc) is 3.11. The first kappa shape index (κ1) is 20.7. The van der Waals surface area contributed by atoms with Crippen molar-refractivity contribution in [2.24, 2.45) is 0 Å². The molecule has 1 amide bonds. The monoisotopic (exact) mass is 470 g/mol. The Morgan fingerprint density at radius 2 is 2.15 bits per heavy atom. The smallest absolute Gasteiger partial charge is 0.493 e. The summed E-state index contributed by atoms with van der Waals surface area (Å²) in [6, 6.07) is 9.56. The number of carbonyl (C=O) groups excluding carboxylic acids is 1. The fourth-order valence-electron chi connectivity index (χ4n) is 3.86. The molecule has 2 aliphatic heterocycles. The summed E-state index contributed by atoms with van der Waals surface area (Å²) in [6.07, 6.45) is -3.69. The summed E-state index contributed by atoms with van der Waals surface area (Å²) >= 11 is 0. The number of aromatic nitrogens is 1. The van der Waals surface area contributed by atoms with Gasteiger partial charge in [0.25, 0.3) is 5.91 Å². The molecule has 0 saturated carbocycles. The molecule has 0 radical (unpaired) electrons. The van der Waals surface area contributed by atoms with Gasteiger partial charge >= 0.3 is 6.36 Å². The van der Waals surface area contributed by atoms with Gasteiger partial charge in [-0.3, -0.25) is 14.5 Å². The number of hydrogen-bond acceptors (Lipinski definition) is 7. The second-order valence-corrected chi connectivity index (χ2v) is 7.41. The molecular formula is C22H23F3N2O6. The molecule has 2 atom stereocenters. The fourth-order valence-corrected chi connectivity index (χ4v) is 3.86. The van der Waals surface area contributed by atoms with E-state index in [2.05, 4.69) is 9.72 Å². The van der Waals surface area contributed by atoms with Gasteiger partial charge in [0.1, 0.15) is 25.1 Å². The van der Waals surface area contributed by atoms with Crippen LogP contribution in [0.15, 0.2) is 42.6 Å². The van der Waals surface area contributed by atoms with Crippen LogP contribution in [0.2, 0.25) is 0 Å². The average molecular weight is 470 g/mol. The van der Waals surface area contributed by atoms with Crippen LogP contribution in [0.4, 0.5) is 13.2 Å². The number of piperidine rings is 1. The molecule has 4 rings (SSSR count). The number of pyridine rings is 1. The number of nitrogens with zero attached hydrogens (tertiary/aromatic N) is 2. The molecule has 0 N–H and O–H groups in total. The number of halogens is 3. The number of alkyl halides is 3. The lowest BCUT2D eigenvalue weighted by Crippen LogP contribution is -2.53. The van der Waals surface area contributed by atoms with Crippen LogP contribution < -0.4 is 9.47 Å². The van der Waals surface area contributed by atoms with Gasteiger partial charge in [0, 0.05) is 24.7 Å². The van der Waals surface area contributed by atoms with E-state index in [1.54, 1.807) is 24.4 Å². The van der Waals surface area contributed by atoms with Crippen LogP contribution in [0.25, 0.3) is 0 Å². The van der Waals surface area contributed by atoms with Crippen LogP contribution >= 0.6 is 0 Å². The molecule has 2 saturated heterocycles. The molecule has 2 aromatic rings. The number of hydrogen-bond donors (Lipinski definition) is 0. The quantitative estimate of drug-likeness (QED) is 0.576. The van der Waals surface area contributed by atoms with Crippen LogP contribution in [0, 0.1) is 0 Å². The van der Waals surface area contributed by atoms with Gasteiger partial charge in [-0.15, -0.1) is 13.2 Å². The van der Waals surface area contributed by atoms with Crippen LogP contribution in [-0.2, 0) is 19.8 Å². The van der Waals surface area contributed by atoms with E-state index in [1.165, 1.54) is 30.2 Å². The summed E-state index contributed by atoms with van der Waals surface area (Å²) in [7, 11) is 1.34. The lowest BCUT2D eigenvalue weighted by molar-refractivity contribution is -0.325. The standard InChI is InChI=1S/C22H23F3N2O6/c1-29-17-12-15(5-6-16(17)30-10-11-32-22(23,24)25)20(28)27-9-7-21(18-4-2-3-8-26-18)19(13-27)31-14-33-21/h2-6,8,12,19H,7,9-11,13-14H2,1H3/t19-,21-/m1/s1/i14D2. The van der Waals surface area contributed by atoms with Gasteiger partial charge in [-0.05, 0) is 30.3 Å². The molecule has 11 heteroatoms. The third kappa shape index (κ3) is 5.05. The minimum Gasteiger partial charge on any atom is -0.493 e. The Morgan fingerprint density at radius 1 is 1.30 bits per heavy atom. The Balaban J connectivity index is 1.46. The molecule has 178 valence electrons. The number of benzene rings is 1. The summed E-state index contributed by atoms with van der Waals surface area (Å²) < 4.78 is 77.6. The van der Waals surface area contributed by atoms with E-state index in [9.17, 15) is 18.0 Å². The van der Waals surface area contributed by atoms with Crippen molar-refractivity contribution in [3.8, 4) is 11.5 Å². The second kappa shape index (κ2) is 9.54. The second-order valence-electron chi connectivity index (χ2n) is 7.41. The topological polar surface area (TPSA) is 79.4 Å². The van der Waals surface area contributed by atoms with Crippen LogP contribution in [0.1, 0.15) is 25.2 Å². The lowest BCUT2D eigenvalue weighted by atomic mass is 9.85. The highest BCUT2D eigenvalue weighted by Crippen LogP contribution is 2.42. The van der Waals surface area contributed by atoms with Crippen molar-refractivity contribution in [1.29, 1.82) is 0 Å². The number of fused-ring (bicyclic) bond motifs is 1. The minimum absolute atomic E-state index is 0.0598. The lowest BCUT2D eigenvalue weighted by Gasteiger charge is -2.41. The Kier molecular flexibility index (Phi) is 5.98. The van der Waals surface area contributed by atoms with Gasteiger partial charge in [-0.2, -0.15) is 0 Å². The van der Waals surface area contributed by atoms with Crippen molar-refractivity contribution in [3.63, 3.8) is 0 Å². The maximum atomic E-state index is 13.2. The van der Waals surface area contributed by atoms with E-state index in [0.29, 0.717) is 5.69 Å². The van der Waals surface area contributed by atoms with Crippen molar-refractivity contribution >= 4 is 5.91 Å². The Labute approximate surface area is 191 Å². The van der Waals surface area contributed by atoms with E-state index < -0.39 is 31.4 Å². The summed E-state index contributed by atoms with van der Waals surface area (Å²) in [5.41, 5.74) is -0.348. The molecule has 33 heavy (non-hydrogen) atoms. The van der Waals surface area contributed by atoms with Crippen molar-refractivity contribution in [2.45, 2.75) is 24.5 Å². The molecule has 3 heterocycles. The molecule has 0 aliphatic carbocycles. The third-order valence-corrected chi connectivity index (χ3v) is 5.48. The first-order valence-electron chi connectivity index (χ1n) is 11.1. The SMILES string of the molecule is [2H]C1([2H])O[C@@H]2CN(C(=O)c3ccc(OCCOC(F)(F)F)c(OC)c3)CC[C@]2(c2ccccn2)O1. The van der Waals surface area contributed by atoms with E-state index in [1.807, 2.05) is 0 Å². The normalized spacial score (nSPS) is 25.1. The fraction of sp³-hybridized carbons (Fsp3) is 0.455. The number of ether oxygens (including phenoxy) is 5. The van der Waals surface area contributed by atoms with Crippen LogP contribution in [-0.4, -0.2) is 68.4 Å². The highest BCUT2D eigenvalue weighted by Gasteiger charge is 2.52. The van der Waals surface area contributed by atoms with Crippen molar-refractivity contribution in [3.05, 3.63) is 53.9 Å². The maximum absolute atomic E-state index is 13.2. The van der Waals surface area contributed by atoms with Crippen molar-refractivity contribution in [2.75, 3.05) is 40.2 Å². The Bertz CT molecular complexity index is 1060. The number of likely N-dealkylation sites (tertiary alicyclic amines) is 1. The minimum atomic E-state index is -4.75. The summed E-state index contributed by atoms with van der Waals surface area (Å²) in [4.78, 5) is 19.1. The Hall–Kier alpha value is -2.89. The molecule has 2 aliphatic rings. The van der Waals surface area contributed by atoms with Crippen molar-refractivity contribution < 1.29 is 44.4 Å². The highest BCUT2D eigenvalue weighted by atomic mass is 19.4. The van der Waals surface area contributed by atoms with E-state index >= 15 is 0 Å². The van der Waals surface area contributed by atoms with E-state index in [0.717, 1.165) is 0 Å². The summed E-state index contributed by atoms with van der Waals surface area (Å²) in [5, 5.41) is 0. The van der Waals surface area contributed by atoms with Gasteiger partial charge in [0.2, 0.25) is 0 Å². The number of amides is 1. The zero-order chi connectivity index (χ0) is 25.3. The van der Waals surface area contributed by atoms with Gasteiger partial charge < -0.3 is 23.8 Å².